The minimum Gasteiger partial charge on any atom is -0.339 e. The molecule has 156 valence electrons. The third-order valence-electron chi connectivity index (χ3n) is 5.27. The number of rotatable bonds is 9. The monoisotopic (exact) mass is 395 g/mol. The largest absolute Gasteiger partial charge is 0.339 e. The molecule has 5 heteroatoms. The number of likely N-dealkylation sites (N-methyl/N-ethyl adjacent to an activating group) is 1. The Bertz CT molecular complexity index is 792. The second kappa shape index (κ2) is 11.2. The van der Waals surface area contributed by atoms with Gasteiger partial charge in [0.2, 0.25) is 5.91 Å². The van der Waals surface area contributed by atoms with Crippen LogP contribution in [0.3, 0.4) is 0 Å². The van der Waals surface area contributed by atoms with Gasteiger partial charge in [-0.05, 0) is 43.9 Å². The fourth-order valence-electron chi connectivity index (χ4n) is 3.55. The van der Waals surface area contributed by atoms with Gasteiger partial charge in [-0.3, -0.25) is 4.79 Å². The Balaban J connectivity index is 2.15. The van der Waals surface area contributed by atoms with E-state index in [0.717, 1.165) is 24.1 Å². The van der Waals surface area contributed by atoms with E-state index < -0.39 is 0 Å². The van der Waals surface area contributed by atoms with Crippen molar-refractivity contribution in [3.63, 3.8) is 0 Å². The van der Waals surface area contributed by atoms with Gasteiger partial charge in [-0.15, -0.1) is 0 Å². The Hall–Kier alpha value is -2.82. The number of urea groups is 1. The summed E-state index contributed by atoms with van der Waals surface area (Å²) in [5.41, 5.74) is 2.92. The number of amides is 3. The number of carbonyl (C=O) groups is 2. The molecule has 0 radical (unpaired) electrons. The van der Waals surface area contributed by atoms with Crippen molar-refractivity contribution < 1.29 is 9.59 Å². The molecule has 0 aliphatic heterocycles. The Labute approximate surface area is 174 Å². The van der Waals surface area contributed by atoms with Crippen LogP contribution in [0.5, 0.6) is 0 Å². The van der Waals surface area contributed by atoms with Crippen molar-refractivity contribution in [3.8, 4) is 0 Å². The molecule has 0 saturated carbocycles. The quantitative estimate of drug-likeness (QED) is 0.654. The SMILES string of the molecule is CC[C@H](Cc1ccccc1)N(CC)C(=O)Nc1ccccc1CN(CC)C(C)=O. The van der Waals surface area contributed by atoms with Gasteiger partial charge in [-0.1, -0.05) is 55.5 Å². The summed E-state index contributed by atoms with van der Waals surface area (Å²) >= 11 is 0. The smallest absolute Gasteiger partial charge is 0.322 e. The second-order valence-electron chi connectivity index (χ2n) is 7.16. The van der Waals surface area contributed by atoms with Crippen molar-refractivity contribution in [1.29, 1.82) is 0 Å². The second-order valence-corrected chi connectivity index (χ2v) is 7.16. The third kappa shape index (κ3) is 6.34. The van der Waals surface area contributed by atoms with Crippen LogP contribution in [0.25, 0.3) is 0 Å². The van der Waals surface area contributed by atoms with Crippen LogP contribution in [-0.4, -0.2) is 40.9 Å². The van der Waals surface area contributed by atoms with E-state index in [-0.39, 0.29) is 18.0 Å². The van der Waals surface area contributed by atoms with Gasteiger partial charge in [0.15, 0.2) is 0 Å². The van der Waals surface area contributed by atoms with E-state index in [4.69, 9.17) is 0 Å². The fourth-order valence-corrected chi connectivity index (χ4v) is 3.55. The van der Waals surface area contributed by atoms with Gasteiger partial charge < -0.3 is 15.1 Å². The predicted molar refractivity (Wildman–Crippen MR) is 119 cm³/mol. The summed E-state index contributed by atoms with van der Waals surface area (Å²) in [6, 6.07) is 18.0. The zero-order valence-electron chi connectivity index (χ0n) is 18.0. The number of hydrogen-bond acceptors (Lipinski definition) is 2. The highest BCUT2D eigenvalue weighted by atomic mass is 16.2. The lowest BCUT2D eigenvalue weighted by Gasteiger charge is -2.31. The zero-order chi connectivity index (χ0) is 21.2. The summed E-state index contributed by atoms with van der Waals surface area (Å²) in [4.78, 5) is 28.6. The van der Waals surface area contributed by atoms with Gasteiger partial charge in [-0.25, -0.2) is 4.79 Å². The minimum absolute atomic E-state index is 0.0257. The van der Waals surface area contributed by atoms with Crippen molar-refractivity contribution >= 4 is 17.6 Å². The van der Waals surface area contributed by atoms with Crippen molar-refractivity contribution in [3.05, 3.63) is 65.7 Å². The lowest BCUT2D eigenvalue weighted by Crippen LogP contribution is -2.43. The van der Waals surface area contributed by atoms with Crippen LogP contribution in [0.2, 0.25) is 0 Å². The number of nitrogens with one attached hydrogen (secondary N) is 1. The molecule has 0 fully saturated rings. The first-order chi connectivity index (χ1) is 14.0. The first-order valence-corrected chi connectivity index (χ1v) is 10.4. The highest BCUT2D eigenvalue weighted by Crippen LogP contribution is 2.20. The molecule has 0 aliphatic rings. The Morgan fingerprint density at radius 1 is 0.931 bits per heavy atom. The van der Waals surface area contributed by atoms with Crippen LogP contribution in [0.15, 0.2) is 54.6 Å². The van der Waals surface area contributed by atoms with Gasteiger partial charge in [0, 0.05) is 38.3 Å². The van der Waals surface area contributed by atoms with Crippen LogP contribution in [0.4, 0.5) is 10.5 Å². The molecule has 29 heavy (non-hydrogen) atoms. The van der Waals surface area contributed by atoms with Crippen molar-refractivity contribution in [1.82, 2.24) is 9.80 Å². The van der Waals surface area contributed by atoms with Gasteiger partial charge in [0.25, 0.3) is 0 Å². The number of nitrogens with zero attached hydrogens (tertiary/aromatic N) is 2. The molecule has 0 bridgehead atoms. The highest BCUT2D eigenvalue weighted by molar-refractivity contribution is 5.90. The van der Waals surface area contributed by atoms with E-state index in [1.165, 1.54) is 5.56 Å². The van der Waals surface area contributed by atoms with Gasteiger partial charge >= 0.3 is 6.03 Å². The van der Waals surface area contributed by atoms with E-state index in [2.05, 4.69) is 24.4 Å². The molecule has 0 heterocycles. The van der Waals surface area contributed by atoms with Crippen LogP contribution in [0.1, 0.15) is 45.2 Å². The van der Waals surface area contributed by atoms with Gasteiger partial charge in [0.05, 0.1) is 0 Å². The van der Waals surface area contributed by atoms with Crippen LogP contribution in [0, 0.1) is 0 Å². The van der Waals surface area contributed by atoms with Crippen molar-refractivity contribution in [2.24, 2.45) is 0 Å². The third-order valence-corrected chi connectivity index (χ3v) is 5.27. The molecule has 0 unspecified atom stereocenters. The molecular formula is C24H33N3O2. The Morgan fingerprint density at radius 2 is 1.59 bits per heavy atom. The normalized spacial score (nSPS) is 11.6. The van der Waals surface area contributed by atoms with Gasteiger partial charge in [0.1, 0.15) is 0 Å². The standard InChI is InChI=1S/C24H33N3O2/c1-5-22(17-20-13-9-8-10-14-20)27(7-3)24(29)25-23-16-12-11-15-21(23)18-26(6-2)19(4)28/h8-16,22H,5-7,17-18H2,1-4H3,(H,25,29)/t22-/m1/s1. The zero-order valence-corrected chi connectivity index (χ0v) is 18.0. The maximum absolute atomic E-state index is 13.1. The number of anilines is 1. The topological polar surface area (TPSA) is 52.7 Å². The molecular weight excluding hydrogens is 362 g/mol. The summed E-state index contributed by atoms with van der Waals surface area (Å²) in [5, 5.41) is 3.08. The molecule has 2 aromatic carbocycles. The molecule has 1 atom stereocenters. The molecule has 5 nitrogen and oxygen atoms in total. The number of benzene rings is 2. The highest BCUT2D eigenvalue weighted by Gasteiger charge is 2.22. The fraction of sp³-hybridized carbons (Fsp3) is 0.417. The summed E-state index contributed by atoms with van der Waals surface area (Å²) in [6.45, 7) is 9.39. The molecule has 0 spiro atoms. The van der Waals surface area contributed by atoms with E-state index in [9.17, 15) is 9.59 Å². The summed E-state index contributed by atoms with van der Waals surface area (Å²) in [6.07, 6.45) is 1.71. The number of carbonyl (C=O) groups excluding carboxylic acids is 2. The maximum Gasteiger partial charge on any atom is 0.322 e. The molecule has 1 N–H and O–H groups in total. The number of hydrogen-bond donors (Lipinski definition) is 1. The molecule has 2 rings (SSSR count). The van der Waals surface area contributed by atoms with Gasteiger partial charge in [-0.2, -0.15) is 0 Å². The molecule has 3 amide bonds. The first-order valence-electron chi connectivity index (χ1n) is 10.4. The number of para-hydroxylation sites is 1. The van der Waals surface area contributed by atoms with E-state index in [1.807, 2.05) is 61.2 Å². The Kier molecular flexibility index (Phi) is 8.71. The van der Waals surface area contributed by atoms with Crippen molar-refractivity contribution in [2.45, 2.75) is 53.1 Å². The van der Waals surface area contributed by atoms with Crippen LogP contribution in [-0.2, 0) is 17.8 Å². The van der Waals surface area contributed by atoms with Crippen molar-refractivity contribution in [2.75, 3.05) is 18.4 Å². The average Bonchev–Trinajstić information content (AvgIpc) is 2.73. The van der Waals surface area contributed by atoms with E-state index in [0.29, 0.717) is 19.6 Å². The van der Waals surface area contributed by atoms with Crippen LogP contribution < -0.4 is 5.32 Å². The summed E-state index contributed by atoms with van der Waals surface area (Å²) < 4.78 is 0. The summed E-state index contributed by atoms with van der Waals surface area (Å²) in [7, 11) is 0. The van der Waals surface area contributed by atoms with E-state index >= 15 is 0 Å². The van der Waals surface area contributed by atoms with Crippen LogP contribution >= 0.6 is 0 Å². The lowest BCUT2D eigenvalue weighted by molar-refractivity contribution is -0.129. The summed E-state index contributed by atoms with van der Waals surface area (Å²) in [5.74, 6) is 0.0257. The Morgan fingerprint density at radius 3 is 2.17 bits per heavy atom. The molecule has 0 aliphatic carbocycles. The predicted octanol–water partition coefficient (Wildman–Crippen LogP) is 4.93. The average molecular weight is 396 g/mol. The first kappa shape index (κ1) is 22.5. The molecule has 0 saturated heterocycles. The molecule has 0 aromatic heterocycles. The molecule has 2 aromatic rings. The maximum atomic E-state index is 13.1. The van der Waals surface area contributed by atoms with E-state index in [1.54, 1.807) is 11.8 Å². The lowest BCUT2D eigenvalue weighted by atomic mass is 10.0. The minimum atomic E-state index is -0.103.